The van der Waals surface area contributed by atoms with Crippen molar-refractivity contribution in [1.82, 2.24) is 5.32 Å². The summed E-state index contributed by atoms with van der Waals surface area (Å²) < 4.78 is 5.79. The topological polar surface area (TPSA) is 21.3 Å². The molecule has 0 aromatic carbocycles. The number of hydrogen-bond donors (Lipinski definition) is 1. The molecule has 1 saturated heterocycles. The third-order valence-corrected chi connectivity index (χ3v) is 4.85. The largest absolute Gasteiger partial charge is 0.375 e. The molecule has 0 radical (unpaired) electrons. The van der Waals surface area contributed by atoms with E-state index in [-0.39, 0.29) is 5.60 Å². The van der Waals surface area contributed by atoms with E-state index in [9.17, 15) is 0 Å². The molecule has 100 valence electrons. The molecule has 2 heteroatoms. The molecule has 1 heterocycles. The van der Waals surface area contributed by atoms with E-state index in [4.69, 9.17) is 4.74 Å². The highest BCUT2D eigenvalue weighted by Gasteiger charge is 2.33. The molecule has 0 aromatic rings. The molecule has 1 saturated carbocycles. The molecular weight excluding hydrogens is 210 g/mol. The highest BCUT2D eigenvalue weighted by atomic mass is 16.5. The van der Waals surface area contributed by atoms with Crippen molar-refractivity contribution in [3.05, 3.63) is 0 Å². The van der Waals surface area contributed by atoms with Gasteiger partial charge in [-0.2, -0.15) is 0 Å². The van der Waals surface area contributed by atoms with Crippen molar-refractivity contribution < 1.29 is 4.74 Å². The zero-order valence-corrected chi connectivity index (χ0v) is 12.0. The summed E-state index contributed by atoms with van der Waals surface area (Å²) in [5.74, 6) is 1.71. The molecule has 2 aliphatic rings. The Hall–Kier alpha value is -0.0800. The summed E-state index contributed by atoms with van der Waals surface area (Å²) in [5, 5.41) is 3.91. The lowest BCUT2D eigenvalue weighted by Gasteiger charge is -2.41. The summed E-state index contributed by atoms with van der Waals surface area (Å²) in [6, 6.07) is 1.40. The van der Waals surface area contributed by atoms with Crippen LogP contribution in [0.1, 0.15) is 59.8 Å². The summed E-state index contributed by atoms with van der Waals surface area (Å²) >= 11 is 0. The molecule has 0 aromatic heterocycles. The van der Waals surface area contributed by atoms with Crippen LogP contribution in [0.15, 0.2) is 0 Å². The maximum atomic E-state index is 5.79. The Morgan fingerprint density at radius 2 is 1.88 bits per heavy atom. The normalized spacial score (nSPS) is 42.4. The monoisotopic (exact) mass is 239 g/mol. The minimum Gasteiger partial charge on any atom is -0.375 e. The number of hydrogen-bond acceptors (Lipinski definition) is 2. The third-order valence-electron chi connectivity index (χ3n) is 4.85. The van der Waals surface area contributed by atoms with E-state index in [2.05, 4.69) is 33.0 Å². The molecule has 2 fully saturated rings. The summed E-state index contributed by atoms with van der Waals surface area (Å²) in [4.78, 5) is 0. The molecule has 0 spiro atoms. The van der Waals surface area contributed by atoms with E-state index < -0.39 is 0 Å². The maximum absolute atomic E-state index is 5.79. The number of ether oxygens (including phenoxy) is 1. The van der Waals surface area contributed by atoms with Gasteiger partial charge in [-0.3, -0.25) is 0 Å². The van der Waals surface area contributed by atoms with Crippen molar-refractivity contribution in [1.29, 1.82) is 0 Å². The Kier molecular flexibility index (Phi) is 4.14. The molecule has 2 nitrogen and oxygen atoms in total. The molecule has 4 unspecified atom stereocenters. The second-order valence-corrected chi connectivity index (χ2v) is 6.84. The van der Waals surface area contributed by atoms with Gasteiger partial charge in [0.05, 0.1) is 5.60 Å². The summed E-state index contributed by atoms with van der Waals surface area (Å²) in [6.07, 6.45) is 6.52. The highest BCUT2D eigenvalue weighted by Crippen LogP contribution is 2.31. The molecule has 1 aliphatic heterocycles. The Morgan fingerprint density at radius 3 is 2.59 bits per heavy atom. The van der Waals surface area contributed by atoms with Crippen molar-refractivity contribution in [2.75, 3.05) is 6.61 Å². The van der Waals surface area contributed by atoms with Gasteiger partial charge >= 0.3 is 0 Å². The molecule has 1 aliphatic carbocycles. The quantitative estimate of drug-likeness (QED) is 0.798. The SMILES string of the molecule is CC1CCCC(NC2CCOC(C)(C)C2)C1C. The summed E-state index contributed by atoms with van der Waals surface area (Å²) in [7, 11) is 0. The van der Waals surface area contributed by atoms with E-state index in [1.54, 1.807) is 0 Å². The minimum absolute atomic E-state index is 0.0689. The van der Waals surface area contributed by atoms with E-state index in [1.165, 1.54) is 25.7 Å². The number of nitrogens with one attached hydrogen (secondary N) is 1. The minimum atomic E-state index is 0.0689. The Bertz CT molecular complexity index is 251. The fourth-order valence-electron chi connectivity index (χ4n) is 3.49. The lowest BCUT2D eigenvalue weighted by molar-refractivity contribution is -0.0658. The van der Waals surface area contributed by atoms with Crippen LogP contribution in [0.25, 0.3) is 0 Å². The predicted molar refractivity (Wildman–Crippen MR) is 72.2 cm³/mol. The van der Waals surface area contributed by atoms with Gasteiger partial charge in [-0.1, -0.05) is 26.7 Å². The molecule has 17 heavy (non-hydrogen) atoms. The smallest absolute Gasteiger partial charge is 0.0641 e. The second kappa shape index (κ2) is 5.27. The first-order chi connectivity index (χ1) is 7.98. The van der Waals surface area contributed by atoms with Crippen molar-refractivity contribution in [2.45, 2.75) is 77.5 Å². The average molecular weight is 239 g/mol. The van der Waals surface area contributed by atoms with Crippen LogP contribution in [0.2, 0.25) is 0 Å². The second-order valence-electron chi connectivity index (χ2n) is 6.84. The zero-order chi connectivity index (χ0) is 12.5. The van der Waals surface area contributed by atoms with Crippen LogP contribution in [-0.4, -0.2) is 24.3 Å². The van der Waals surface area contributed by atoms with E-state index in [0.29, 0.717) is 6.04 Å². The first kappa shape index (κ1) is 13.4. The van der Waals surface area contributed by atoms with Gasteiger partial charge in [-0.05, 0) is 44.9 Å². The van der Waals surface area contributed by atoms with Gasteiger partial charge in [-0.15, -0.1) is 0 Å². The van der Waals surface area contributed by atoms with Crippen molar-refractivity contribution in [2.24, 2.45) is 11.8 Å². The van der Waals surface area contributed by atoms with E-state index in [0.717, 1.165) is 30.9 Å². The molecule has 1 N–H and O–H groups in total. The summed E-state index contributed by atoms with van der Waals surface area (Å²) in [5.41, 5.74) is 0.0689. The van der Waals surface area contributed by atoms with Gasteiger partial charge in [0.2, 0.25) is 0 Å². The molecule has 2 rings (SSSR count). The van der Waals surface area contributed by atoms with Gasteiger partial charge < -0.3 is 10.1 Å². The standard InChI is InChI=1S/C15H29NO/c1-11-6-5-7-14(12(11)2)16-13-8-9-17-15(3,4)10-13/h11-14,16H,5-10H2,1-4H3. The summed E-state index contributed by atoms with van der Waals surface area (Å²) in [6.45, 7) is 10.2. The first-order valence-corrected chi connectivity index (χ1v) is 7.38. The molecule has 0 bridgehead atoms. The van der Waals surface area contributed by atoms with Crippen molar-refractivity contribution >= 4 is 0 Å². The first-order valence-electron chi connectivity index (χ1n) is 7.38. The average Bonchev–Trinajstić information content (AvgIpc) is 2.23. The van der Waals surface area contributed by atoms with Gasteiger partial charge in [0.15, 0.2) is 0 Å². The van der Waals surface area contributed by atoms with Gasteiger partial charge in [-0.25, -0.2) is 0 Å². The lowest BCUT2D eigenvalue weighted by atomic mass is 9.77. The van der Waals surface area contributed by atoms with Crippen LogP contribution in [0.5, 0.6) is 0 Å². The van der Waals surface area contributed by atoms with E-state index >= 15 is 0 Å². The van der Waals surface area contributed by atoms with Crippen molar-refractivity contribution in [3.63, 3.8) is 0 Å². The third kappa shape index (κ3) is 3.45. The van der Waals surface area contributed by atoms with E-state index in [1.807, 2.05) is 0 Å². The lowest BCUT2D eigenvalue weighted by Crippen LogP contribution is -2.50. The Balaban J connectivity index is 1.87. The van der Waals surface area contributed by atoms with Crippen LogP contribution in [0.4, 0.5) is 0 Å². The van der Waals surface area contributed by atoms with Gasteiger partial charge in [0.1, 0.15) is 0 Å². The highest BCUT2D eigenvalue weighted by molar-refractivity contribution is 4.89. The van der Waals surface area contributed by atoms with Gasteiger partial charge in [0.25, 0.3) is 0 Å². The van der Waals surface area contributed by atoms with Gasteiger partial charge in [0, 0.05) is 18.7 Å². The van der Waals surface area contributed by atoms with Crippen LogP contribution < -0.4 is 5.32 Å². The molecule has 4 atom stereocenters. The van der Waals surface area contributed by atoms with Crippen LogP contribution >= 0.6 is 0 Å². The fraction of sp³-hybridized carbons (Fsp3) is 1.00. The Morgan fingerprint density at radius 1 is 1.12 bits per heavy atom. The van der Waals surface area contributed by atoms with Crippen LogP contribution in [-0.2, 0) is 4.74 Å². The predicted octanol–water partition coefficient (Wildman–Crippen LogP) is 3.36. The van der Waals surface area contributed by atoms with Crippen LogP contribution in [0, 0.1) is 11.8 Å². The molecular formula is C15H29NO. The zero-order valence-electron chi connectivity index (χ0n) is 12.0. The molecule has 0 amide bonds. The fourth-order valence-corrected chi connectivity index (χ4v) is 3.49. The maximum Gasteiger partial charge on any atom is 0.0641 e. The Labute approximate surface area is 107 Å². The number of rotatable bonds is 2. The van der Waals surface area contributed by atoms with Crippen LogP contribution in [0.3, 0.4) is 0 Å². The van der Waals surface area contributed by atoms with Crippen molar-refractivity contribution in [3.8, 4) is 0 Å².